The number of carbonyl (C=O) groups is 1. The van der Waals surface area contributed by atoms with Gasteiger partial charge < -0.3 is 10.1 Å². The van der Waals surface area contributed by atoms with Crippen LogP contribution in [0.4, 0.5) is 5.69 Å². The molecule has 0 radical (unpaired) electrons. The Kier molecular flexibility index (Phi) is 7.86. The number of carbonyl (C=O) groups excluding carboxylic acids is 1. The van der Waals surface area contributed by atoms with Crippen LogP contribution in [0, 0.1) is 11.8 Å². The van der Waals surface area contributed by atoms with Crippen molar-refractivity contribution in [2.45, 2.75) is 6.10 Å². The molecular formula is C37H28N2O4S. The lowest BCUT2D eigenvalue weighted by molar-refractivity contribution is 0.0748. The van der Waals surface area contributed by atoms with Crippen molar-refractivity contribution in [3.05, 3.63) is 150 Å². The van der Waals surface area contributed by atoms with Gasteiger partial charge in [-0.2, -0.15) is 0 Å². The molecule has 0 aliphatic rings. The maximum absolute atomic E-state index is 13.3. The van der Waals surface area contributed by atoms with E-state index < -0.39 is 21.9 Å². The highest BCUT2D eigenvalue weighted by atomic mass is 32.2. The van der Waals surface area contributed by atoms with Gasteiger partial charge >= 0.3 is 0 Å². The topological polar surface area (TPSA) is 99.3 Å². The number of hydrogen-bond acceptors (Lipinski definition) is 4. The van der Waals surface area contributed by atoms with E-state index in [1.165, 1.54) is 0 Å². The molecule has 1 heterocycles. The minimum atomic E-state index is -3.40. The maximum Gasteiger partial charge on any atom is 0.229 e. The van der Waals surface area contributed by atoms with Gasteiger partial charge in [-0.3, -0.25) is 9.52 Å². The van der Waals surface area contributed by atoms with Crippen LogP contribution in [0.15, 0.2) is 128 Å². The molecule has 6 rings (SSSR count). The smallest absolute Gasteiger partial charge is 0.229 e. The third-order valence-electron chi connectivity index (χ3n) is 7.24. The molecule has 0 aliphatic carbocycles. The summed E-state index contributed by atoms with van der Waals surface area (Å²) in [4.78, 5) is 16.6. The van der Waals surface area contributed by atoms with Crippen LogP contribution >= 0.6 is 0 Å². The van der Waals surface area contributed by atoms with Crippen molar-refractivity contribution in [2.24, 2.45) is 0 Å². The van der Waals surface area contributed by atoms with E-state index >= 15 is 0 Å². The van der Waals surface area contributed by atoms with E-state index in [4.69, 9.17) is 0 Å². The third-order valence-corrected chi connectivity index (χ3v) is 7.85. The van der Waals surface area contributed by atoms with Gasteiger partial charge in [-0.05, 0) is 70.1 Å². The maximum atomic E-state index is 13.3. The van der Waals surface area contributed by atoms with E-state index in [1.807, 2.05) is 72.9 Å². The number of benzene rings is 5. The number of Topliss-reactive ketones (excluding diaryl/α,β-unsaturated/α-hetero) is 1. The van der Waals surface area contributed by atoms with E-state index in [0.29, 0.717) is 27.9 Å². The summed E-state index contributed by atoms with van der Waals surface area (Å²) in [7, 11) is -3.40. The van der Waals surface area contributed by atoms with Crippen LogP contribution in [0.2, 0.25) is 0 Å². The molecule has 1 atom stereocenters. The number of sulfonamides is 1. The van der Waals surface area contributed by atoms with E-state index in [9.17, 15) is 18.3 Å². The highest BCUT2D eigenvalue weighted by molar-refractivity contribution is 7.92. The summed E-state index contributed by atoms with van der Waals surface area (Å²) in [5.41, 5.74) is 6.95. The number of aromatic amines is 1. The van der Waals surface area contributed by atoms with Crippen molar-refractivity contribution in [1.82, 2.24) is 4.98 Å². The monoisotopic (exact) mass is 596 g/mol. The van der Waals surface area contributed by atoms with Gasteiger partial charge in [0.15, 0.2) is 5.78 Å². The van der Waals surface area contributed by atoms with Crippen molar-refractivity contribution < 1.29 is 18.3 Å². The molecule has 6 nitrogen and oxygen atoms in total. The molecule has 0 saturated heterocycles. The molecule has 0 fully saturated rings. The predicted octanol–water partition coefficient (Wildman–Crippen LogP) is 7.19. The molecule has 0 spiro atoms. The van der Waals surface area contributed by atoms with Crippen molar-refractivity contribution in [2.75, 3.05) is 11.0 Å². The van der Waals surface area contributed by atoms with Gasteiger partial charge in [-0.25, -0.2) is 8.42 Å². The van der Waals surface area contributed by atoms with Crippen LogP contribution in [0.1, 0.15) is 33.2 Å². The Bertz CT molecular complexity index is 2170. The average molecular weight is 597 g/mol. The Balaban J connectivity index is 1.42. The zero-order valence-electron chi connectivity index (χ0n) is 23.8. The number of hydrogen-bond donors (Lipinski definition) is 3. The second kappa shape index (κ2) is 12.1. The number of aromatic nitrogens is 1. The Labute approximate surface area is 256 Å². The number of ketones is 1. The molecule has 1 aromatic heterocycles. The highest BCUT2D eigenvalue weighted by Crippen LogP contribution is 2.35. The van der Waals surface area contributed by atoms with Gasteiger partial charge in [-0.1, -0.05) is 90.7 Å². The van der Waals surface area contributed by atoms with Crippen molar-refractivity contribution in [3.63, 3.8) is 0 Å². The zero-order valence-corrected chi connectivity index (χ0v) is 24.6. The Morgan fingerprint density at radius 1 is 0.773 bits per heavy atom. The normalized spacial score (nSPS) is 11.9. The molecule has 44 heavy (non-hydrogen) atoms. The standard InChI is InChI=1S/C37H28N2O4S/c1-44(42,43)39-32-14-6-13-30(23-32)29-12-5-8-25(22-29)16-17-27-11-7-15-33(37(41)36(40)28-9-3-2-4-10-28)35(27)31-19-18-26-20-21-38-34(26)24-31/h2-15,18-24,37-39,41H,1H3. The summed E-state index contributed by atoms with van der Waals surface area (Å²) < 4.78 is 25.9. The average Bonchev–Trinajstić information content (AvgIpc) is 3.51. The number of aliphatic hydroxyl groups excluding tert-OH is 1. The fourth-order valence-electron chi connectivity index (χ4n) is 5.22. The quantitative estimate of drug-likeness (QED) is 0.134. The second-order valence-electron chi connectivity index (χ2n) is 10.5. The minimum absolute atomic E-state index is 0.391. The summed E-state index contributed by atoms with van der Waals surface area (Å²) in [6, 6.07) is 37.0. The van der Waals surface area contributed by atoms with Crippen LogP contribution in [0.25, 0.3) is 33.2 Å². The number of H-pyrrole nitrogens is 1. The van der Waals surface area contributed by atoms with E-state index in [0.717, 1.165) is 39.4 Å². The first kappa shape index (κ1) is 28.7. The molecule has 1 unspecified atom stereocenters. The van der Waals surface area contributed by atoms with E-state index in [-0.39, 0.29) is 0 Å². The number of nitrogens with one attached hydrogen (secondary N) is 2. The molecule has 0 saturated carbocycles. The fraction of sp³-hybridized carbons (Fsp3) is 0.0541. The first-order chi connectivity index (χ1) is 21.2. The molecule has 216 valence electrons. The third kappa shape index (κ3) is 6.32. The van der Waals surface area contributed by atoms with Crippen LogP contribution in [0.3, 0.4) is 0 Å². The lowest BCUT2D eigenvalue weighted by Crippen LogP contribution is -2.14. The first-order valence-electron chi connectivity index (χ1n) is 13.9. The SMILES string of the molecule is CS(=O)(=O)Nc1cccc(-c2cccc(C#Cc3cccc(C(O)C(=O)c4ccccc4)c3-c3ccc4cc[nH]c4c3)c2)c1. The van der Waals surface area contributed by atoms with Gasteiger partial charge in [0, 0.05) is 39.7 Å². The van der Waals surface area contributed by atoms with Crippen LogP contribution in [-0.2, 0) is 10.0 Å². The van der Waals surface area contributed by atoms with Crippen molar-refractivity contribution >= 4 is 32.4 Å². The Morgan fingerprint density at radius 3 is 2.32 bits per heavy atom. The highest BCUT2D eigenvalue weighted by Gasteiger charge is 2.24. The molecule has 0 amide bonds. The molecule has 0 bridgehead atoms. The van der Waals surface area contributed by atoms with E-state index in [1.54, 1.807) is 54.6 Å². The number of fused-ring (bicyclic) bond motifs is 1. The predicted molar refractivity (Wildman–Crippen MR) is 176 cm³/mol. The van der Waals surface area contributed by atoms with Crippen LogP contribution < -0.4 is 4.72 Å². The van der Waals surface area contributed by atoms with Crippen LogP contribution in [-0.4, -0.2) is 30.5 Å². The summed E-state index contributed by atoms with van der Waals surface area (Å²) in [5, 5.41) is 12.4. The summed E-state index contributed by atoms with van der Waals surface area (Å²) in [6.45, 7) is 0. The molecule has 5 aromatic carbocycles. The second-order valence-corrected chi connectivity index (χ2v) is 12.2. The van der Waals surface area contributed by atoms with Gasteiger partial charge in [0.1, 0.15) is 6.10 Å². The fourth-order valence-corrected chi connectivity index (χ4v) is 5.78. The largest absolute Gasteiger partial charge is 0.380 e. The molecule has 0 aliphatic heterocycles. The minimum Gasteiger partial charge on any atom is -0.380 e. The van der Waals surface area contributed by atoms with E-state index in [2.05, 4.69) is 21.5 Å². The van der Waals surface area contributed by atoms with Gasteiger partial charge in [-0.15, -0.1) is 0 Å². The molecule has 6 aromatic rings. The lowest BCUT2D eigenvalue weighted by atomic mass is 9.88. The molecule has 3 N–H and O–H groups in total. The van der Waals surface area contributed by atoms with Gasteiger partial charge in [0.2, 0.25) is 10.0 Å². The summed E-state index contributed by atoms with van der Waals surface area (Å²) in [5.74, 6) is 6.16. The lowest BCUT2D eigenvalue weighted by Gasteiger charge is -2.17. The van der Waals surface area contributed by atoms with Crippen molar-refractivity contribution in [1.29, 1.82) is 0 Å². The number of aliphatic hydroxyl groups is 1. The molecule has 7 heteroatoms. The Morgan fingerprint density at radius 2 is 1.52 bits per heavy atom. The van der Waals surface area contributed by atoms with Crippen LogP contribution in [0.5, 0.6) is 0 Å². The summed E-state index contributed by atoms with van der Waals surface area (Å²) in [6.07, 6.45) is 1.60. The molecular weight excluding hydrogens is 568 g/mol. The number of rotatable bonds is 7. The Hall–Kier alpha value is -5.42. The van der Waals surface area contributed by atoms with Crippen molar-refractivity contribution in [3.8, 4) is 34.1 Å². The van der Waals surface area contributed by atoms with Gasteiger partial charge in [0.05, 0.1) is 6.26 Å². The van der Waals surface area contributed by atoms with Gasteiger partial charge in [0.25, 0.3) is 0 Å². The number of anilines is 1. The summed E-state index contributed by atoms with van der Waals surface area (Å²) >= 11 is 0. The zero-order chi connectivity index (χ0) is 30.7. The first-order valence-corrected chi connectivity index (χ1v) is 15.8.